The minimum Gasteiger partial charge on any atom is -1.00 e. The molecule has 6 fully saturated rings. The van der Waals surface area contributed by atoms with Gasteiger partial charge in [0.25, 0.3) is 6.47 Å². The average Bonchev–Trinajstić information content (AvgIpc) is 0.796. The van der Waals surface area contributed by atoms with Crippen molar-refractivity contribution >= 4 is 52.6 Å². The van der Waals surface area contributed by atoms with Crippen LogP contribution in [0.3, 0.4) is 0 Å². The van der Waals surface area contributed by atoms with Crippen molar-refractivity contribution in [3.05, 3.63) is 47.6 Å². The van der Waals surface area contributed by atoms with E-state index in [9.17, 15) is 49.8 Å². The predicted molar refractivity (Wildman–Crippen MR) is 442 cm³/mol. The summed E-state index contributed by atoms with van der Waals surface area (Å²) in [6.45, 7) is 29.9. The fourth-order valence-corrected chi connectivity index (χ4v) is 17.8. The molecule has 8 aliphatic heterocycles. The van der Waals surface area contributed by atoms with Crippen molar-refractivity contribution in [2.24, 2.45) is 47.3 Å². The van der Waals surface area contributed by atoms with Crippen LogP contribution in [0, 0.1) is 47.3 Å². The van der Waals surface area contributed by atoms with Gasteiger partial charge < -0.3 is 100 Å². The van der Waals surface area contributed by atoms with Crippen LogP contribution in [0.25, 0.3) is 0 Å². The minimum absolute atomic E-state index is 0. The average molecular weight is 1770 g/mol. The number of likely N-dealkylation sites (tertiary alicyclic amines) is 3. The molecule has 0 aromatic heterocycles. The van der Waals surface area contributed by atoms with Gasteiger partial charge in [-0.05, 0) is 235 Å². The summed E-state index contributed by atoms with van der Waals surface area (Å²) >= 11 is 2.29. The normalized spacial score (nSPS) is 37.0. The minimum atomic E-state index is -1.17. The summed E-state index contributed by atoms with van der Waals surface area (Å²) in [4.78, 5) is 76.4. The van der Waals surface area contributed by atoms with Gasteiger partial charge in [-0.1, -0.05) is 140 Å². The number of aliphatic hydroxyl groups excluding tert-OH is 6. The molecule has 7 N–H and O–H groups in total. The van der Waals surface area contributed by atoms with Gasteiger partial charge in [0.15, 0.2) is 24.1 Å². The topological polar surface area (TPSA) is 323 Å². The molecule has 8 heterocycles. The largest absolute Gasteiger partial charge is 1.00 e. The zero-order valence-corrected chi connectivity index (χ0v) is 79.0. The van der Waals surface area contributed by atoms with Gasteiger partial charge in [0, 0.05) is 46.5 Å². The van der Waals surface area contributed by atoms with E-state index in [4.69, 9.17) is 38.5 Å². The second-order valence-corrected chi connectivity index (χ2v) is 33.8. The van der Waals surface area contributed by atoms with Crippen LogP contribution in [-0.2, 0) is 57.3 Å². The molecule has 25 nitrogen and oxygen atoms in total. The number of allylic oxidation sites excluding steroid dienone is 6. The monoisotopic (exact) mass is 1770 g/mol. The second-order valence-electron chi connectivity index (χ2n) is 32.9. The third-order valence-electron chi connectivity index (χ3n) is 23.8. The number of carbonyl (C=O) groups is 5. The third kappa shape index (κ3) is 38.0. The Kier molecular flexibility index (Phi) is 58.7. The van der Waals surface area contributed by atoms with E-state index < -0.39 is 109 Å². The van der Waals surface area contributed by atoms with Crippen molar-refractivity contribution in [2.45, 2.75) is 310 Å². The molecular formula is C85H153IK2N6O19. The first-order chi connectivity index (χ1) is 52.0. The molecule has 0 saturated carbocycles. The van der Waals surface area contributed by atoms with Crippen molar-refractivity contribution in [3.8, 4) is 0 Å². The van der Waals surface area contributed by atoms with E-state index in [2.05, 4.69) is 59.6 Å². The standard InChI is InChI=1S/C41H71N3O8.C36H61IN2O8.C5H11N.CH2O3.2CH4.2K.H/c1-8-35-32(26-44-20-13-10-14-21-44)23-27(2)15-16-33(45)28(3)24-31(17-22-43-18-11-9-12-19-43)40(29(4)34(46)25-36(47)51-35)52-41-39(49)37(42(6)7)38(48)30(5)50-41;1-8-30-27(21-37)18-22(2)12-13-28(40)23(3)19-26(14-17-39-15-10-9-11-16-39)35(24(4)29(41)20-31(42)46-30)47-36-34(44)32(38(6)7)33(43)25(5)45-36;1-2-4-6-5-3-1;2-1-4-3;;;;;/h15-16,23,28-32,34-35,37-41,46,48-49H,8-14,17-22,24-26H2,1-7H3;12-13,18,23-27,29-30,32-36,41,43-44H,8-11,14-17,19-21H2,1-7H3;6H,1-5H2;1,3H;2*1H4;;;/q;;;;;;2*+1;-1/p-1/b16-15+,27-23+;13-12+,22-18+;;;;;;;. The molecule has 28 heteroatoms. The van der Waals surface area contributed by atoms with Gasteiger partial charge in [0.1, 0.15) is 24.4 Å². The van der Waals surface area contributed by atoms with E-state index in [1.807, 2.05) is 67.5 Å². The van der Waals surface area contributed by atoms with Crippen LogP contribution in [0.15, 0.2) is 47.6 Å². The van der Waals surface area contributed by atoms with Gasteiger partial charge in [-0.2, -0.15) is 0 Å². The second kappa shape index (κ2) is 59.8. The van der Waals surface area contributed by atoms with Gasteiger partial charge in [-0.3, -0.25) is 24.0 Å². The molecule has 24 atom stereocenters. The zero-order chi connectivity index (χ0) is 80.4. The number of ketones is 2. The maximum Gasteiger partial charge on any atom is 1.00 e. The van der Waals surface area contributed by atoms with Crippen LogP contribution >= 0.6 is 22.6 Å². The molecule has 0 aromatic rings. The first kappa shape index (κ1) is 111. The Hall–Kier alpha value is 0.0327. The van der Waals surface area contributed by atoms with Gasteiger partial charge in [-0.15, -0.1) is 0 Å². The number of nitrogens with zero attached hydrogens (tertiary/aromatic N) is 5. The molecular weight excluding hydrogens is 1610 g/mol. The summed E-state index contributed by atoms with van der Waals surface area (Å²) in [6.07, 6.45) is 17.5. The fraction of sp³-hybridized carbons (Fsp3) is 0.847. The zero-order valence-electron chi connectivity index (χ0n) is 71.6. The summed E-state index contributed by atoms with van der Waals surface area (Å²) in [7, 11) is 7.19. The molecule has 0 radical (unpaired) electrons. The van der Waals surface area contributed by atoms with Gasteiger partial charge in [0.2, 0.25) is 0 Å². The molecule has 24 unspecified atom stereocenters. The molecule has 646 valence electrons. The van der Waals surface area contributed by atoms with E-state index in [0.29, 0.717) is 38.5 Å². The number of hydrogen-bond acceptors (Lipinski definition) is 25. The quantitative estimate of drug-likeness (QED) is 0.0197. The Balaban J connectivity index is 0.00000192. The number of nitrogens with one attached hydrogen (secondary N) is 1. The Labute approximate surface area is 781 Å². The number of aliphatic hydroxyl groups is 6. The van der Waals surface area contributed by atoms with Crippen LogP contribution < -0.4 is 113 Å². The molecule has 113 heavy (non-hydrogen) atoms. The number of esters is 2. The number of piperidine rings is 4. The number of halogens is 1. The third-order valence-corrected chi connectivity index (χ3v) is 24.8. The number of rotatable bonds is 18. The Bertz CT molecular complexity index is 2760. The van der Waals surface area contributed by atoms with Gasteiger partial charge in [0.05, 0.1) is 73.8 Å². The Morgan fingerprint density at radius 2 is 0.894 bits per heavy atom. The van der Waals surface area contributed by atoms with E-state index in [1.165, 1.54) is 51.6 Å². The van der Waals surface area contributed by atoms with Crippen molar-refractivity contribution < 1.29 is 197 Å². The van der Waals surface area contributed by atoms with Crippen LogP contribution in [0.5, 0.6) is 0 Å². The van der Waals surface area contributed by atoms with Crippen LogP contribution in [0.2, 0.25) is 0 Å². The molecule has 0 aliphatic carbocycles. The fourth-order valence-electron chi connectivity index (χ4n) is 17.0. The molecule has 0 bridgehead atoms. The van der Waals surface area contributed by atoms with Crippen molar-refractivity contribution in [1.29, 1.82) is 0 Å². The van der Waals surface area contributed by atoms with E-state index in [0.717, 1.165) is 113 Å². The van der Waals surface area contributed by atoms with Crippen LogP contribution in [0.4, 0.5) is 0 Å². The van der Waals surface area contributed by atoms with Crippen molar-refractivity contribution in [2.75, 3.05) is 105 Å². The number of cyclic esters (lactones) is 2. The molecule has 0 aromatic carbocycles. The summed E-state index contributed by atoms with van der Waals surface area (Å²) < 4.78 is 38.5. The Morgan fingerprint density at radius 1 is 0.549 bits per heavy atom. The van der Waals surface area contributed by atoms with Gasteiger partial charge >= 0.3 is 115 Å². The molecule has 8 aliphatic rings. The van der Waals surface area contributed by atoms with E-state index in [1.54, 1.807) is 64.0 Å². The Morgan fingerprint density at radius 3 is 1.21 bits per heavy atom. The first-order valence-corrected chi connectivity index (χ1v) is 42.9. The first-order valence-electron chi connectivity index (χ1n) is 41.4. The summed E-state index contributed by atoms with van der Waals surface area (Å²) in [5.41, 5.74) is 1.89. The number of carbonyl (C=O) groups excluding carboxylic acids is 5. The summed E-state index contributed by atoms with van der Waals surface area (Å²) in [5, 5.41) is 79.8. The van der Waals surface area contributed by atoms with E-state index in [-0.39, 0.29) is 198 Å². The number of hydrogen-bond donors (Lipinski definition) is 7. The molecule has 0 spiro atoms. The van der Waals surface area contributed by atoms with Crippen molar-refractivity contribution in [3.63, 3.8) is 0 Å². The smallest absolute Gasteiger partial charge is 1.00 e. The number of likely N-dealkylation sites (N-methyl/N-ethyl adjacent to an activating group) is 2. The molecule has 6 saturated heterocycles. The predicted octanol–water partition coefficient (Wildman–Crippen LogP) is 2.90. The number of ether oxygens (including phenoxy) is 6. The van der Waals surface area contributed by atoms with Gasteiger partial charge in [-0.25, -0.2) is 0 Å². The summed E-state index contributed by atoms with van der Waals surface area (Å²) in [6, 6.07) is -1.26. The number of alkyl halides is 1. The van der Waals surface area contributed by atoms with Crippen molar-refractivity contribution in [1.82, 2.24) is 29.8 Å². The maximum absolute atomic E-state index is 13.8. The van der Waals surface area contributed by atoms with Crippen LogP contribution in [-0.4, -0.2) is 288 Å². The molecule has 8 rings (SSSR count). The van der Waals surface area contributed by atoms with E-state index >= 15 is 0 Å². The SMILES string of the molecule is C.C.C1CCNCC1.CCC1OC(=O)CC(O)C(C)C(OC2OC(C)C(O)C(N(C)C)C2O)C(CCN2CCCCC2)CC(C)C(=O)/C=C/C(C)=C/C1CI.CCC1OC(=O)CC(O)C(C)C(OC2OC(C)C(O)C(N(C)C)C2O)C(CCN2CCCCC2)CC(C)C(=O)/C=C/C(C)=C/C1CN1CCCCC1.O=CO[O-].[H-].[K+].[K+]. The van der Waals surface area contributed by atoms with Crippen LogP contribution in [0.1, 0.15) is 214 Å². The molecule has 0 amide bonds. The summed E-state index contributed by atoms with van der Waals surface area (Å²) in [5.74, 6) is -3.14. The maximum atomic E-state index is 13.8.